The molecule has 0 atom stereocenters. The second kappa shape index (κ2) is 16.3. The van der Waals surface area contributed by atoms with Gasteiger partial charge in [0.15, 0.2) is 0 Å². The molecule has 0 heterocycles. The van der Waals surface area contributed by atoms with Crippen LogP contribution < -0.4 is 0 Å². The van der Waals surface area contributed by atoms with E-state index in [1.54, 1.807) is 0 Å². The molecule has 22 heavy (non-hydrogen) atoms. The van der Waals surface area contributed by atoms with Crippen molar-refractivity contribution in [2.75, 3.05) is 13.2 Å². The number of ether oxygens (including phenoxy) is 2. The summed E-state index contributed by atoms with van der Waals surface area (Å²) >= 11 is 0. The summed E-state index contributed by atoms with van der Waals surface area (Å²) in [6, 6.07) is 0. The van der Waals surface area contributed by atoms with Gasteiger partial charge in [-0.3, -0.25) is 9.59 Å². The molecule has 0 fully saturated rings. The Morgan fingerprint density at radius 1 is 0.591 bits per heavy atom. The van der Waals surface area contributed by atoms with Crippen LogP contribution in [0.4, 0.5) is 0 Å². The summed E-state index contributed by atoms with van der Waals surface area (Å²) in [4.78, 5) is 22.8. The van der Waals surface area contributed by atoms with E-state index in [9.17, 15) is 9.59 Å². The first-order valence-electron chi connectivity index (χ1n) is 9.02. The molecule has 0 aliphatic heterocycles. The second-order valence-corrected chi connectivity index (χ2v) is 5.77. The van der Waals surface area contributed by atoms with Crippen molar-refractivity contribution >= 4 is 11.9 Å². The van der Waals surface area contributed by atoms with Gasteiger partial charge < -0.3 is 9.47 Å². The smallest absolute Gasteiger partial charge is 0.305 e. The van der Waals surface area contributed by atoms with Crippen molar-refractivity contribution in [3.8, 4) is 0 Å². The van der Waals surface area contributed by atoms with Crippen LogP contribution in [-0.4, -0.2) is 25.2 Å². The van der Waals surface area contributed by atoms with Gasteiger partial charge >= 0.3 is 11.9 Å². The normalized spacial score (nSPS) is 10.5. The fraction of sp³-hybridized carbons (Fsp3) is 0.889. The van der Waals surface area contributed by atoms with E-state index in [1.165, 1.54) is 19.3 Å². The highest BCUT2D eigenvalue weighted by Gasteiger charge is 2.05. The van der Waals surface area contributed by atoms with Gasteiger partial charge in [0, 0.05) is 12.8 Å². The van der Waals surface area contributed by atoms with E-state index in [1.807, 2.05) is 0 Å². The third-order valence-electron chi connectivity index (χ3n) is 3.53. The number of esters is 2. The van der Waals surface area contributed by atoms with Gasteiger partial charge in [-0.05, 0) is 25.7 Å². The Balaban J connectivity index is 3.29. The molecule has 0 bridgehead atoms. The van der Waals surface area contributed by atoms with E-state index in [4.69, 9.17) is 9.47 Å². The monoisotopic (exact) mass is 314 g/mol. The molecule has 0 N–H and O–H groups in total. The first-order valence-corrected chi connectivity index (χ1v) is 9.02. The number of rotatable bonds is 15. The van der Waals surface area contributed by atoms with E-state index in [2.05, 4.69) is 13.8 Å². The van der Waals surface area contributed by atoms with Gasteiger partial charge in [0.25, 0.3) is 0 Å². The van der Waals surface area contributed by atoms with Gasteiger partial charge in [-0.15, -0.1) is 0 Å². The molecule has 0 rings (SSSR count). The maximum atomic E-state index is 11.5. The number of hydrogen-bond acceptors (Lipinski definition) is 4. The molecule has 0 unspecified atom stereocenters. The van der Waals surface area contributed by atoms with Gasteiger partial charge in [0.2, 0.25) is 0 Å². The molecule has 130 valence electrons. The van der Waals surface area contributed by atoms with Gasteiger partial charge in [-0.1, -0.05) is 52.4 Å². The molecule has 4 heteroatoms. The van der Waals surface area contributed by atoms with Crippen LogP contribution in [0.2, 0.25) is 0 Å². The van der Waals surface area contributed by atoms with Gasteiger partial charge in [-0.25, -0.2) is 0 Å². The number of carbonyl (C=O) groups is 2. The van der Waals surface area contributed by atoms with Crippen molar-refractivity contribution in [3.63, 3.8) is 0 Å². The largest absolute Gasteiger partial charge is 0.466 e. The van der Waals surface area contributed by atoms with E-state index in [-0.39, 0.29) is 11.9 Å². The van der Waals surface area contributed by atoms with Crippen molar-refractivity contribution in [2.24, 2.45) is 0 Å². The maximum absolute atomic E-state index is 11.5. The van der Waals surface area contributed by atoms with Crippen LogP contribution in [0.3, 0.4) is 0 Å². The van der Waals surface area contributed by atoms with Crippen molar-refractivity contribution in [1.82, 2.24) is 0 Å². The molecule has 4 nitrogen and oxygen atoms in total. The third-order valence-corrected chi connectivity index (χ3v) is 3.53. The molecule has 0 saturated heterocycles. The summed E-state index contributed by atoms with van der Waals surface area (Å²) < 4.78 is 10.3. The Hall–Kier alpha value is -1.06. The third kappa shape index (κ3) is 15.3. The topological polar surface area (TPSA) is 52.6 Å². The SMILES string of the molecule is CCCCCCCOC(=O)CCCCCC(=O)OCCCC. The van der Waals surface area contributed by atoms with E-state index in [0.717, 1.165) is 44.9 Å². The number of hydrogen-bond donors (Lipinski definition) is 0. The summed E-state index contributed by atoms with van der Waals surface area (Å²) in [5.41, 5.74) is 0. The van der Waals surface area contributed by atoms with Crippen LogP contribution in [0.1, 0.15) is 90.9 Å². The lowest BCUT2D eigenvalue weighted by Gasteiger charge is -2.05. The Labute approximate surface area is 135 Å². The van der Waals surface area contributed by atoms with E-state index < -0.39 is 0 Å². The van der Waals surface area contributed by atoms with Crippen molar-refractivity contribution < 1.29 is 19.1 Å². The van der Waals surface area contributed by atoms with Crippen LogP contribution in [0.25, 0.3) is 0 Å². The molecule has 0 spiro atoms. The summed E-state index contributed by atoms with van der Waals surface area (Å²) in [6.07, 6.45) is 11.1. The molecule has 0 aromatic rings. The molecular weight excluding hydrogens is 280 g/mol. The van der Waals surface area contributed by atoms with E-state index in [0.29, 0.717) is 26.1 Å². The summed E-state index contributed by atoms with van der Waals surface area (Å²) in [5.74, 6) is -0.232. The summed E-state index contributed by atoms with van der Waals surface area (Å²) in [6.45, 7) is 5.33. The Morgan fingerprint density at radius 2 is 1.05 bits per heavy atom. The molecule has 0 radical (unpaired) electrons. The van der Waals surface area contributed by atoms with Crippen molar-refractivity contribution in [1.29, 1.82) is 0 Å². The maximum Gasteiger partial charge on any atom is 0.305 e. The van der Waals surface area contributed by atoms with Gasteiger partial charge in [-0.2, -0.15) is 0 Å². The first-order chi connectivity index (χ1) is 10.7. The average molecular weight is 314 g/mol. The predicted octanol–water partition coefficient (Wildman–Crippen LogP) is 4.79. The number of unbranched alkanes of at least 4 members (excludes halogenated alkanes) is 7. The minimum Gasteiger partial charge on any atom is -0.466 e. The van der Waals surface area contributed by atoms with Crippen LogP contribution in [-0.2, 0) is 19.1 Å². The highest BCUT2D eigenvalue weighted by atomic mass is 16.5. The Morgan fingerprint density at radius 3 is 1.59 bits per heavy atom. The van der Waals surface area contributed by atoms with E-state index >= 15 is 0 Å². The zero-order valence-corrected chi connectivity index (χ0v) is 14.5. The van der Waals surface area contributed by atoms with Crippen LogP contribution in [0.15, 0.2) is 0 Å². The fourth-order valence-corrected chi connectivity index (χ4v) is 2.08. The second-order valence-electron chi connectivity index (χ2n) is 5.77. The minimum absolute atomic E-state index is 0.110. The van der Waals surface area contributed by atoms with Crippen LogP contribution >= 0.6 is 0 Å². The summed E-state index contributed by atoms with van der Waals surface area (Å²) in [5, 5.41) is 0. The molecule has 0 aromatic heterocycles. The van der Waals surface area contributed by atoms with Crippen LogP contribution in [0, 0.1) is 0 Å². The zero-order valence-electron chi connectivity index (χ0n) is 14.5. The van der Waals surface area contributed by atoms with Crippen molar-refractivity contribution in [3.05, 3.63) is 0 Å². The lowest BCUT2D eigenvalue weighted by Crippen LogP contribution is -2.07. The molecule has 0 aliphatic carbocycles. The fourth-order valence-electron chi connectivity index (χ4n) is 2.08. The van der Waals surface area contributed by atoms with Gasteiger partial charge in [0.05, 0.1) is 13.2 Å². The van der Waals surface area contributed by atoms with Crippen molar-refractivity contribution in [2.45, 2.75) is 90.9 Å². The predicted molar refractivity (Wildman–Crippen MR) is 88.7 cm³/mol. The lowest BCUT2D eigenvalue weighted by molar-refractivity contribution is -0.144. The van der Waals surface area contributed by atoms with Gasteiger partial charge in [0.1, 0.15) is 0 Å². The van der Waals surface area contributed by atoms with Crippen LogP contribution in [0.5, 0.6) is 0 Å². The average Bonchev–Trinajstić information content (AvgIpc) is 2.50. The number of carbonyl (C=O) groups excluding carboxylic acids is 2. The first kappa shape index (κ1) is 20.9. The molecule has 0 aromatic carbocycles. The Kier molecular flexibility index (Phi) is 15.5. The lowest BCUT2D eigenvalue weighted by atomic mass is 10.1. The zero-order chi connectivity index (χ0) is 16.5. The highest BCUT2D eigenvalue weighted by molar-refractivity contribution is 5.69. The molecule has 0 amide bonds. The quantitative estimate of drug-likeness (QED) is 0.322. The summed E-state index contributed by atoms with van der Waals surface area (Å²) in [7, 11) is 0. The standard InChI is InChI=1S/C18H34O4/c1-3-5-7-8-12-16-22-18(20)14-11-9-10-13-17(19)21-15-6-4-2/h3-16H2,1-2H3. The molecule has 0 saturated carbocycles. The highest BCUT2D eigenvalue weighted by Crippen LogP contribution is 2.07. The Bertz CT molecular complexity index is 276. The molecule has 0 aliphatic rings. The minimum atomic E-state index is -0.122. The molecular formula is C18H34O4.